The Bertz CT molecular complexity index is 426. The van der Waals surface area contributed by atoms with E-state index in [1.54, 1.807) is 0 Å². The Kier molecular flexibility index (Phi) is 3.42. The molecule has 1 saturated carbocycles. The number of aliphatic carboxylic acids is 1. The van der Waals surface area contributed by atoms with Crippen LogP contribution in [0, 0.1) is 0 Å². The van der Waals surface area contributed by atoms with Gasteiger partial charge in [0.25, 0.3) is 0 Å². The SMILES string of the molecule is O=CNC(Cc1ccccc1C1CC1)C(=O)O. The van der Waals surface area contributed by atoms with E-state index in [9.17, 15) is 9.59 Å². The van der Waals surface area contributed by atoms with Crippen molar-refractivity contribution in [3.63, 3.8) is 0 Å². The van der Waals surface area contributed by atoms with Gasteiger partial charge in [0.1, 0.15) is 6.04 Å². The van der Waals surface area contributed by atoms with Crippen LogP contribution in [0.2, 0.25) is 0 Å². The average Bonchev–Trinajstić information content (AvgIpc) is 3.13. The molecule has 0 aliphatic heterocycles. The number of carboxylic acid groups (broad SMARTS) is 1. The summed E-state index contributed by atoms with van der Waals surface area (Å²) in [6.45, 7) is 0. The molecule has 0 radical (unpaired) electrons. The predicted molar refractivity (Wildman–Crippen MR) is 62.7 cm³/mol. The molecule has 1 aromatic carbocycles. The first-order valence-electron chi connectivity index (χ1n) is 5.72. The van der Waals surface area contributed by atoms with Gasteiger partial charge in [-0.25, -0.2) is 4.79 Å². The first-order chi connectivity index (χ1) is 8.22. The number of hydrogen-bond acceptors (Lipinski definition) is 2. The van der Waals surface area contributed by atoms with Gasteiger partial charge in [0.15, 0.2) is 0 Å². The van der Waals surface area contributed by atoms with Crippen molar-refractivity contribution in [3.05, 3.63) is 35.4 Å². The fourth-order valence-corrected chi connectivity index (χ4v) is 2.03. The van der Waals surface area contributed by atoms with E-state index in [1.165, 1.54) is 18.4 Å². The fourth-order valence-electron chi connectivity index (χ4n) is 2.03. The molecule has 1 aromatic rings. The van der Waals surface area contributed by atoms with Crippen molar-refractivity contribution in [2.75, 3.05) is 0 Å². The van der Waals surface area contributed by atoms with E-state index >= 15 is 0 Å². The standard InChI is InChI=1S/C13H15NO3/c15-8-14-12(13(16)17)7-10-3-1-2-4-11(10)9-5-6-9/h1-4,8-9,12H,5-7H2,(H,14,15)(H,16,17). The lowest BCUT2D eigenvalue weighted by Crippen LogP contribution is -2.37. The van der Waals surface area contributed by atoms with Crippen molar-refractivity contribution >= 4 is 12.4 Å². The Morgan fingerprint density at radius 1 is 1.47 bits per heavy atom. The van der Waals surface area contributed by atoms with Crippen LogP contribution < -0.4 is 5.32 Å². The van der Waals surface area contributed by atoms with Gasteiger partial charge in [0, 0.05) is 6.42 Å². The van der Waals surface area contributed by atoms with Crippen LogP contribution in [0.3, 0.4) is 0 Å². The van der Waals surface area contributed by atoms with Crippen molar-refractivity contribution < 1.29 is 14.7 Å². The van der Waals surface area contributed by atoms with Gasteiger partial charge in [-0.3, -0.25) is 4.79 Å². The molecule has 17 heavy (non-hydrogen) atoms. The molecule has 1 aliphatic carbocycles. The molecule has 1 unspecified atom stereocenters. The van der Waals surface area contributed by atoms with Crippen LogP contribution in [0.5, 0.6) is 0 Å². The van der Waals surface area contributed by atoms with Gasteiger partial charge in [-0.2, -0.15) is 0 Å². The molecule has 0 saturated heterocycles. The van der Waals surface area contributed by atoms with Gasteiger partial charge in [-0.1, -0.05) is 24.3 Å². The molecule has 1 fully saturated rings. The lowest BCUT2D eigenvalue weighted by atomic mass is 9.97. The van der Waals surface area contributed by atoms with E-state index in [0.717, 1.165) is 5.56 Å². The van der Waals surface area contributed by atoms with Gasteiger partial charge in [-0.15, -0.1) is 0 Å². The number of hydrogen-bond donors (Lipinski definition) is 2. The van der Waals surface area contributed by atoms with Gasteiger partial charge in [0.2, 0.25) is 6.41 Å². The summed E-state index contributed by atoms with van der Waals surface area (Å²) in [5.41, 5.74) is 2.25. The van der Waals surface area contributed by atoms with Crippen LogP contribution in [0.15, 0.2) is 24.3 Å². The molecule has 1 amide bonds. The highest BCUT2D eigenvalue weighted by Crippen LogP contribution is 2.41. The number of carbonyl (C=O) groups excluding carboxylic acids is 1. The average molecular weight is 233 g/mol. The van der Waals surface area contributed by atoms with Crippen LogP contribution in [0.4, 0.5) is 0 Å². The van der Waals surface area contributed by atoms with Crippen molar-refractivity contribution in [2.45, 2.75) is 31.2 Å². The molecule has 4 heteroatoms. The van der Waals surface area contributed by atoms with E-state index in [-0.39, 0.29) is 0 Å². The molecule has 90 valence electrons. The molecule has 0 bridgehead atoms. The van der Waals surface area contributed by atoms with Gasteiger partial charge in [0.05, 0.1) is 0 Å². The fraction of sp³-hybridized carbons (Fsp3) is 0.385. The van der Waals surface area contributed by atoms with E-state index < -0.39 is 12.0 Å². The Hall–Kier alpha value is -1.84. The Balaban J connectivity index is 2.15. The minimum atomic E-state index is -0.997. The molecule has 0 spiro atoms. The van der Waals surface area contributed by atoms with Crippen LogP contribution in [-0.2, 0) is 16.0 Å². The summed E-state index contributed by atoms with van der Waals surface area (Å²) in [5, 5.41) is 11.3. The smallest absolute Gasteiger partial charge is 0.326 e. The van der Waals surface area contributed by atoms with Crippen molar-refractivity contribution in [1.29, 1.82) is 0 Å². The lowest BCUT2D eigenvalue weighted by Gasteiger charge is -2.14. The molecular weight excluding hydrogens is 218 g/mol. The summed E-state index contributed by atoms with van der Waals surface area (Å²) in [4.78, 5) is 21.3. The highest BCUT2D eigenvalue weighted by molar-refractivity contribution is 5.76. The zero-order valence-corrected chi connectivity index (χ0v) is 9.43. The highest BCUT2D eigenvalue weighted by atomic mass is 16.4. The molecule has 1 aliphatic rings. The van der Waals surface area contributed by atoms with Gasteiger partial charge in [-0.05, 0) is 29.9 Å². The Morgan fingerprint density at radius 3 is 2.76 bits per heavy atom. The van der Waals surface area contributed by atoms with Crippen molar-refractivity contribution in [2.24, 2.45) is 0 Å². The lowest BCUT2D eigenvalue weighted by molar-refractivity contribution is -0.140. The number of amides is 1. The predicted octanol–water partition coefficient (Wildman–Crippen LogP) is 1.31. The molecule has 4 nitrogen and oxygen atoms in total. The maximum Gasteiger partial charge on any atom is 0.326 e. The summed E-state index contributed by atoms with van der Waals surface area (Å²) in [7, 11) is 0. The summed E-state index contributed by atoms with van der Waals surface area (Å²) in [6.07, 6.45) is 3.14. The van der Waals surface area contributed by atoms with Crippen molar-refractivity contribution in [1.82, 2.24) is 5.32 Å². The topological polar surface area (TPSA) is 66.4 Å². The number of carboxylic acids is 1. The third kappa shape index (κ3) is 2.84. The summed E-state index contributed by atoms with van der Waals surface area (Å²) < 4.78 is 0. The molecule has 1 atom stereocenters. The summed E-state index contributed by atoms with van der Waals surface area (Å²) in [5.74, 6) is -0.417. The van der Waals surface area contributed by atoms with Gasteiger partial charge < -0.3 is 10.4 Å². The van der Waals surface area contributed by atoms with Crippen LogP contribution in [0.1, 0.15) is 29.9 Å². The molecule has 0 aromatic heterocycles. The summed E-state index contributed by atoms with van der Waals surface area (Å²) in [6, 6.07) is 7.02. The minimum absolute atomic E-state index is 0.348. The first-order valence-corrected chi connectivity index (χ1v) is 5.72. The molecule has 0 heterocycles. The maximum absolute atomic E-state index is 11.0. The van der Waals surface area contributed by atoms with Crippen molar-refractivity contribution in [3.8, 4) is 0 Å². The quantitative estimate of drug-likeness (QED) is 0.728. The van der Waals surface area contributed by atoms with Gasteiger partial charge >= 0.3 is 5.97 Å². The molecular formula is C13H15NO3. The minimum Gasteiger partial charge on any atom is -0.480 e. The second kappa shape index (κ2) is 4.99. The maximum atomic E-state index is 11.0. The molecule has 2 rings (SSSR count). The normalized spacial score (nSPS) is 16.2. The number of carbonyl (C=O) groups is 2. The monoisotopic (exact) mass is 233 g/mol. The zero-order valence-electron chi connectivity index (χ0n) is 9.43. The largest absolute Gasteiger partial charge is 0.480 e. The van der Waals surface area contributed by atoms with Crippen LogP contribution >= 0.6 is 0 Å². The number of nitrogens with one attached hydrogen (secondary N) is 1. The second-order valence-corrected chi connectivity index (χ2v) is 4.35. The number of benzene rings is 1. The van der Waals surface area contributed by atoms with Crippen LogP contribution in [-0.4, -0.2) is 23.5 Å². The zero-order chi connectivity index (χ0) is 12.3. The highest BCUT2D eigenvalue weighted by Gasteiger charge is 2.27. The van der Waals surface area contributed by atoms with Crippen LogP contribution in [0.25, 0.3) is 0 Å². The molecule has 2 N–H and O–H groups in total. The van der Waals surface area contributed by atoms with E-state index in [1.807, 2.05) is 24.3 Å². The summed E-state index contributed by atoms with van der Waals surface area (Å²) >= 11 is 0. The third-order valence-electron chi connectivity index (χ3n) is 3.06. The third-order valence-corrected chi connectivity index (χ3v) is 3.06. The Labute approximate surface area is 99.6 Å². The first kappa shape index (κ1) is 11.6. The number of rotatable bonds is 6. The Morgan fingerprint density at radius 2 is 2.18 bits per heavy atom. The van der Waals surface area contributed by atoms with E-state index in [4.69, 9.17) is 5.11 Å². The van der Waals surface area contributed by atoms with E-state index in [2.05, 4.69) is 5.32 Å². The van der Waals surface area contributed by atoms with E-state index in [0.29, 0.717) is 18.7 Å². The second-order valence-electron chi connectivity index (χ2n) is 4.35.